The molecule has 0 atom stereocenters. The Morgan fingerprint density at radius 3 is 1.62 bits per heavy atom. The first-order valence-corrected chi connectivity index (χ1v) is 10.2. The van der Waals surface area contributed by atoms with Crippen molar-refractivity contribution < 1.29 is 13.9 Å². The van der Waals surface area contributed by atoms with Gasteiger partial charge in [-0.2, -0.15) is 0 Å². The molecule has 0 heterocycles. The van der Waals surface area contributed by atoms with E-state index in [0.717, 1.165) is 5.56 Å². The molecule has 3 aromatic carbocycles. The van der Waals surface area contributed by atoms with Gasteiger partial charge in [0.2, 0.25) is 0 Å². The molecular weight excluding hydrogens is 390 g/mol. The van der Waals surface area contributed by atoms with Gasteiger partial charge in [0.15, 0.2) is 0 Å². The maximum atomic E-state index is 13.8. The van der Waals surface area contributed by atoms with E-state index in [4.69, 9.17) is 27.7 Å². The molecule has 0 unspecified atom stereocenters. The Balaban J connectivity index is 2.04. The zero-order valence-electron chi connectivity index (χ0n) is 13.9. The van der Waals surface area contributed by atoms with Crippen LogP contribution in [0.2, 0.25) is 10.0 Å². The van der Waals surface area contributed by atoms with Crippen molar-refractivity contribution in [3.8, 4) is 0 Å². The molecular formula is C20H15Cl2O3P. The molecule has 0 N–H and O–H groups in total. The van der Waals surface area contributed by atoms with Crippen LogP contribution in [-0.2, 0) is 9.09 Å². The third-order valence-corrected chi connectivity index (χ3v) is 6.71. The average molecular weight is 405 g/mol. The molecule has 0 saturated carbocycles. The zero-order chi connectivity index (χ0) is 18.7. The summed E-state index contributed by atoms with van der Waals surface area (Å²) in [4.78, 5) is 12.6. The second kappa shape index (κ2) is 7.67. The van der Waals surface area contributed by atoms with Gasteiger partial charge in [-0.25, -0.2) is 4.79 Å². The number of carbonyl (C=O) groups excluding carboxylic acids is 1. The number of hydrogen-bond acceptors (Lipinski definition) is 3. The molecule has 3 rings (SSSR count). The van der Waals surface area contributed by atoms with Crippen LogP contribution in [0.3, 0.4) is 0 Å². The monoisotopic (exact) mass is 404 g/mol. The molecule has 0 bridgehead atoms. The van der Waals surface area contributed by atoms with Crippen LogP contribution in [0.15, 0.2) is 72.8 Å². The maximum Gasteiger partial charge on any atom is 0.343 e. The Morgan fingerprint density at radius 1 is 0.769 bits per heavy atom. The van der Waals surface area contributed by atoms with E-state index in [2.05, 4.69) is 0 Å². The quantitative estimate of drug-likeness (QED) is 0.547. The summed E-state index contributed by atoms with van der Waals surface area (Å²) in [5.41, 5.74) is 1.35. The van der Waals surface area contributed by atoms with Crippen LogP contribution in [0.1, 0.15) is 15.9 Å². The fraction of sp³-hybridized carbons (Fsp3) is 0.0500. The van der Waals surface area contributed by atoms with E-state index >= 15 is 0 Å². The summed E-state index contributed by atoms with van der Waals surface area (Å²) in [7, 11) is -3.66. The van der Waals surface area contributed by atoms with E-state index in [1.54, 1.807) is 72.8 Å². The second-order valence-corrected chi connectivity index (χ2v) is 8.94. The van der Waals surface area contributed by atoms with Crippen molar-refractivity contribution in [2.75, 3.05) is 0 Å². The van der Waals surface area contributed by atoms with Gasteiger partial charge in [0.25, 0.3) is 0 Å². The molecule has 26 heavy (non-hydrogen) atoms. The van der Waals surface area contributed by atoms with Crippen molar-refractivity contribution >= 4 is 47.1 Å². The van der Waals surface area contributed by atoms with Crippen molar-refractivity contribution in [3.63, 3.8) is 0 Å². The van der Waals surface area contributed by atoms with Gasteiger partial charge in [0.1, 0.15) is 0 Å². The van der Waals surface area contributed by atoms with Gasteiger partial charge >= 0.3 is 13.3 Å². The largest absolute Gasteiger partial charge is 0.401 e. The topological polar surface area (TPSA) is 43.4 Å². The number of carbonyl (C=O) groups is 1. The van der Waals surface area contributed by atoms with Crippen molar-refractivity contribution in [2.24, 2.45) is 0 Å². The summed E-state index contributed by atoms with van der Waals surface area (Å²) in [5.74, 6) is -0.654. The van der Waals surface area contributed by atoms with Gasteiger partial charge in [-0.1, -0.05) is 40.9 Å². The first-order valence-electron chi connectivity index (χ1n) is 7.81. The molecule has 0 aliphatic carbocycles. The normalized spacial score (nSPS) is 11.2. The van der Waals surface area contributed by atoms with Crippen LogP contribution >= 0.6 is 30.6 Å². The van der Waals surface area contributed by atoms with Crippen LogP contribution in [-0.4, -0.2) is 5.97 Å². The first kappa shape index (κ1) is 18.7. The maximum absolute atomic E-state index is 13.8. The fourth-order valence-corrected chi connectivity index (χ4v) is 4.57. The van der Waals surface area contributed by atoms with Crippen LogP contribution in [0, 0.1) is 6.92 Å². The van der Waals surface area contributed by atoms with Crippen LogP contribution in [0.4, 0.5) is 0 Å². The Morgan fingerprint density at radius 2 is 1.19 bits per heavy atom. The van der Waals surface area contributed by atoms with Crippen molar-refractivity contribution in [3.05, 3.63) is 94.0 Å². The highest BCUT2D eigenvalue weighted by Gasteiger charge is 2.32. The van der Waals surface area contributed by atoms with Crippen LogP contribution in [0.25, 0.3) is 0 Å². The van der Waals surface area contributed by atoms with Gasteiger partial charge in [0.05, 0.1) is 16.2 Å². The number of aryl methyl sites for hydroxylation is 1. The van der Waals surface area contributed by atoms with Gasteiger partial charge in [-0.05, 0) is 67.6 Å². The minimum absolute atomic E-state index is 0.332. The summed E-state index contributed by atoms with van der Waals surface area (Å²) >= 11 is 11.9. The summed E-state index contributed by atoms with van der Waals surface area (Å²) < 4.78 is 19.3. The predicted octanol–water partition coefficient (Wildman–Crippen LogP) is 5.39. The molecule has 0 radical (unpaired) electrons. The molecule has 3 aromatic rings. The van der Waals surface area contributed by atoms with Gasteiger partial charge < -0.3 is 4.52 Å². The lowest BCUT2D eigenvalue weighted by atomic mass is 10.2. The van der Waals surface area contributed by atoms with Crippen LogP contribution < -0.4 is 10.6 Å². The highest BCUT2D eigenvalue weighted by Crippen LogP contribution is 2.45. The number of benzene rings is 3. The standard InChI is InChI=1S/C20H15Cl2O3P/c1-14-2-4-15(5-3-14)20(23)25-26(24,18-10-6-16(21)7-11-18)19-12-8-17(22)9-13-19/h2-13H,1H3. The summed E-state index contributed by atoms with van der Waals surface area (Å²) in [5, 5.41) is 1.76. The van der Waals surface area contributed by atoms with Crippen molar-refractivity contribution in [1.29, 1.82) is 0 Å². The Hall–Kier alpha value is -2.06. The molecule has 0 aliphatic rings. The van der Waals surface area contributed by atoms with Gasteiger partial charge in [-0.15, -0.1) is 0 Å². The lowest BCUT2D eigenvalue weighted by Crippen LogP contribution is -2.21. The molecule has 0 saturated heterocycles. The summed E-state index contributed by atoms with van der Waals surface area (Å²) in [6.45, 7) is 1.92. The third-order valence-electron chi connectivity index (χ3n) is 3.83. The van der Waals surface area contributed by atoms with E-state index in [1.807, 2.05) is 6.92 Å². The summed E-state index contributed by atoms with van der Waals surface area (Å²) in [6, 6.07) is 19.7. The SMILES string of the molecule is Cc1ccc(C(=O)OP(=O)(c2ccc(Cl)cc2)c2ccc(Cl)cc2)cc1. The molecule has 0 fully saturated rings. The van der Waals surface area contributed by atoms with E-state index in [1.165, 1.54) is 0 Å². The molecule has 3 nitrogen and oxygen atoms in total. The van der Waals surface area contributed by atoms with Crippen molar-refractivity contribution in [2.45, 2.75) is 6.92 Å². The summed E-state index contributed by atoms with van der Waals surface area (Å²) in [6.07, 6.45) is 0. The van der Waals surface area contributed by atoms with Crippen molar-refractivity contribution in [1.82, 2.24) is 0 Å². The van der Waals surface area contributed by atoms with Gasteiger partial charge in [-0.3, -0.25) is 4.57 Å². The number of rotatable bonds is 4. The number of hydrogen-bond donors (Lipinski definition) is 0. The Kier molecular flexibility index (Phi) is 5.52. The Bertz CT molecular complexity index is 916. The first-order chi connectivity index (χ1) is 12.4. The molecule has 6 heteroatoms. The molecule has 132 valence electrons. The lowest BCUT2D eigenvalue weighted by Gasteiger charge is -2.19. The minimum Gasteiger partial charge on any atom is -0.401 e. The van der Waals surface area contributed by atoms with Gasteiger partial charge in [0, 0.05) is 10.0 Å². The molecule has 0 spiro atoms. The van der Waals surface area contributed by atoms with E-state index in [-0.39, 0.29) is 0 Å². The highest BCUT2D eigenvalue weighted by molar-refractivity contribution is 7.74. The van der Waals surface area contributed by atoms with Crippen LogP contribution in [0.5, 0.6) is 0 Å². The minimum atomic E-state index is -3.66. The molecule has 0 aliphatic heterocycles. The van der Waals surface area contributed by atoms with E-state index in [0.29, 0.717) is 26.2 Å². The number of halogens is 2. The third kappa shape index (κ3) is 4.02. The average Bonchev–Trinajstić information content (AvgIpc) is 2.63. The Labute approximate surface area is 162 Å². The predicted molar refractivity (Wildman–Crippen MR) is 106 cm³/mol. The smallest absolute Gasteiger partial charge is 0.343 e. The lowest BCUT2D eigenvalue weighted by molar-refractivity contribution is 0.0747. The van der Waals surface area contributed by atoms with E-state index < -0.39 is 13.3 Å². The zero-order valence-corrected chi connectivity index (χ0v) is 16.3. The molecule has 0 aromatic heterocycles. The second-order valence-electron chi connectivity index (χ2n) is 5.75. The van der Waals surface area contributed by atoms with E-state index in [9.17, 15) is 9.36 Å². The molecule has 0 amide bonds. The fourth-order valence-electron chi connectivity index (χ4n) is 2.39. The highest BCUT2D eigenvalue weighted by atomic mass is 35.5.